The summed E-state index contributed by atoms with van der Waals surface area (Å²) in [5, 5.41) is 3.41. The smallest absolute Gasteiger partial charge is 0.258 e. The van der Waals surface area contributed by atoms with Gasteiger partial charge in [-0.05, 0) is 43.4 Å². The van der Waals surface area contributed by atoms with Crippen LogP contribution in [0.2, 0.25) is 5.02 Å². The van der Waals surface area contributed by atoms with E-state index >= 15 is 0 Å². The van der Waals surface area contributed by atoms with Crippen LogP contribution in [-0.2, 0) is 4.79 Å². The maximum Gasteiger partial charge on any atom is 0.258 e. The number of halogens is 1. The van der Waals surface area contributed by atoms with Crippen LogP contribution in [0, 0.1) is 5.92 Å². The van der Waals surface area contributed by atoms with E-state index in [0.29, 0.717) is 41.8 Å². The molecule has 1 aliphatic rings. The van der Waals surface area contributed by atoms with E-state index in [4.69, 9.17) is 16.3 Å². The lowest BCUT2D eigenvalue weighted by Gasteiger charge is -2.25. The number of hydrogen-bond acceptors (Lipinski definition) is 3. The van der Waals surface area contributed by atoms with Gasteiger partial charge in [0, 0.05) is 18.1 Å². The fourth-order valence-corrected chi connectivity index (χ4v) is 3.06. The van der Waals surface area contributed by atoms with E-state index in [1.807, 2.05) is 0 Å². The third-order valence-corrected chi connectivity index (χ3v) is 4.46. The van der Waals surface area contributed by atoms with E-state index in [1.54, 1.807) is 23.1 Å². The number of hydrogen-bond donors (Lipinski definition) is 1. The van der Waals surface area contributed by atoms with Crippen LogP contribution in [0.5, 0.6) is 5.75 Å². The number of likely N-dealkylation sites (tertiary alicyclic amines) is 1. The number of amides is 2. The van der Waals surface area contributed by atoms with Gasteiger partial charge in [0.2, 0.25) is 5.91 Å². The highest BCUT2D eigenvalue weighted by molar-refractivity contribution is 6.31. The molecule has 1 saturated heterocycles. The first-order valence-corrected chi connectivity index (χ1v) is 8.74. The minimum atomic E-state index is -0.423. The van der Waals surface area contributed by atoms with Crippen LogP contribution in [0.1, 0.15) is 43.5 Å². The van der Waals surface area contributed by atoms with E-state index < -0.39 is 6.04 Å². The monoisotopic (exact) mass is 352 g/mol. The van der Waals surface area contributed by atoms with Crippen molar-refractivity contribution in [2.75, 3.05) is 20.2 Å². The number of methoxy groups -OCH3 is 1. The third kappa shape index (κ3) is 4.41. The van der Waals surface area contributed by atoms with Crippen molar-refractivity contribution < 1.29 is 14.3 Å². The molecular formula is C18H25ClN2O3. The van der Waals surface area contributed by atoms with Crippen LogP contribution in [0.25, 0.3) is 0 Å². The molecule has 1 aromatic carbocycles. The van der Waals surface area contributed by atoms with Gasteiger partial charge in [0.25, 0.3) is 5.91 Å². The summed E-state index contributed by atoms with van der Waals surface area (Å²) in [6, 6.07) is 4.52. The molecule has 1 N–H and O–H groups in total. The molecule has 1 unspecified atom stereocenters. The lowest BCUT2D eigenvalue weighted by molar-refractivity contribution is -0.124. The van der Waals surface area contributed by atoms with Gasteiger partial charge in [-0.15, -0.1) is 0 Å². The molecule has 24 heavy (non-hydrogen) atoms. The highest BCUT2D eigenvalue weighted by Crippen LogP contribution is 2.27. The third-order valence-electron chi connectivity index (χ3n) is 4.23. The molecule has 0 aliphatic carbocycles. The summed E-state index contributed by atoms with van der Waals surface area (Å²) in [7, 11) is 1.51. The molecule has 6 heteroatoms. The molecule has 5 nitrogen and oxygen atoms in total. The summed E-state index contributed by atoms with van der Waals surface area (Å²) >= 11 is 6.02. The molecule has 132 valence electrons. The molecular weight excluding hydrogens is 328 g/mol. The predicted molar refractivity (Wildman–Crippen MR) is 94.5 cm³/mol. The Morgan fingerprint density at radius 3 is 2.83 bits per heavy atom. The van der Waals surface area contributed by atoms with Gasteiger partial charge in [-0.25, -0.2) is 0 Å². The fourth-order valence-electron chi connectivity index (χ4n) is 2.89. The van der Waals surface area contributed by atoms with Crippen LogP contribution >= 0.6 is 11.6 Å². The summed E-state index contributed by atoms with van der Waals surface area (Å²) in [4.78, 5) is 26.9. The van der Waals surface area contributed by atoms with Gasteiger partial charge in [-0.2, -0.15) is 0 Å². The van der Waals surface area contributed by atoms with Gasteiger partial charge in [-0.3, -0.25) is 9.59 Å². The second-order valence-corrected chi connectivity index (χ2v) is 6.91. The van der Waals surface area contributed by atoms with Crippen LogP contribution in [-0.4, -0.2) is 43.0 Å². The van der Waals surface area contributed by atoms with Crippen LogP contribution in [0.4, 0.5) is 0 Å². The summed E-state index contributed by atoms with van der Waals surface area (Å²) in [5.74, 6) is 0.705. The Morgan fingerprint density at radius 1 is 1.42 bits per heavy atom. The number of carbonyl (C=O) groups excluding carboxylic acids is 2. The van der Waals surface area contributed by atoms with E-state index in [1.165, 1.54) is 7.11 Å². The Hall–Kier alpha value is -1.75. The van der Waals surface area contributed by atoms with E-state index in [2.05, 4.69) is 19.2 Å². The maximum absolute atomic E-state index is 12.9. The largest absolute Gasteiger partial charge is 0.496 e. The number of benzene rings is 1. The second kappa shape index (κ2) is 8.38. The van der Waals surface area contributed by atoms with Gasteiger partial charge in [0.1, 0.15) is 11.8 Å². The standard InChI is InChI=1S/C18H25ClN2O3/c1-12(2)8-9-20-17(22)15-5-4-10-21(15)18(23)14-11-13(19)6-7-16(14)24-3/h6-7,11-12,15H,4-5,8-10H2,1-3H3,(H,20,22). The van der Waals surface area contributed by atoms with Gasteiger partial charge in [0.05, 0.1) is 12.7 Å². The molecule has 2 rings (SSSR count). The molecule has 1 aliphatic heterocycles. The van der Waals surface area contributed by atoms with Crippen molar-refractivity contribution in [1.29, 1.82) is 0 Å². The first-order chi connectivity index (χ1) is 11.4. The highest BCUT2D eigenvalue weighted by Gasteiger charge is 2.35. The number of ether oxygens (including phenoxy) is 1. The maximum atomic E-state index is 12.9. The molecule has 1 aromatic rings. The zero-order chi connectivity index (χ0) is 17.7. The Balaban J connectivity index is 2.11. The topological polar surface area (TPSA) is 58.6 Å². The molecule has 0 aromatic heterocycles. The Labute approximate surface area is 148 Å². The van der Waals surface area contributed by atoms with Crippen molar-refractivity contribution in [3.8, 4) is 5.75 Å². The Kier molecular flexibility index (Phi) is 6.49. The van der Waals surface area contributed by atoms with Crippen molar-refractivity contribution in [1.82, 2.24) is 10.2 Å². The van der Waals surface area contributed by atoms with Crippen molar-refractivity contribution in [3.63, 3.8) is 0 Å². The molecule has 1 fully saturated rings. The lowest BCUT2D eigenvalue weighted by atomic mass is 10.1. The summed E-state index contributed by atoms with van der Waals surface area (Å²) < 4.78 is 5.26. The van der Waals surface area contributed by atoms with Crippen molar-refractivity contribution >= 4 is 23.4 Å². The van der Waals surface area contributed by atoms with Crippen LogP contribution < -0.4 is 10.1 Å². The summed E-state index contributed by atoms with van der Waals surface area (Å²) in [6.07, 6.45) is 2.42. The first-order valence-electron chi connectivity index (χ1n) is 8.36. The Morgan fingerprint density at radius 2 is 2.17 bits per heavy atom. The van der Waals surface area contributed by atoms with Gasteiger partial charge < -0.3 is 15.0 Å². The molecule has 1 heterocycles. The van der Waals surface area contributed by atoms with Crippen molar-refractivity contribution in [2.24, 2.45) is 5.92 Å². The minimum absolute atomic E-state index is 0.0810. The number of carbonyl (C=O) groups is 2. The summed E-state index contributed by atoms with van der Waals surface area (Å²) in [6.45, 7) is 5.43. The quantitative estimate of drug-likeness (QED) is 0.855. The number of nitrogens with one attached hydrogen (secondary N) is 1. The van der Waals surface area contributed by atoms with Crippen molar-refractivity contribution in [3.05, 3.63) is 28.8 Å². The normalized spacial score (nSPS) is 17.2. The number of nitrogens with zero attached hydrogens (tertiary/aromatic N) is 1. The van der Waals surface area contributed by atoms with Gasteiger partial charge >= 0.3 is 0 Å². The Bertz CT molecular complexity index is 604. The van der Waals surface area contributed by atoms with E-state index in [0.717, 1.165) is 12.8 Å². The molecule has 0 bridgehead atoms. The van der Waals surface area contributed by atoms with Gasteiger partial charge in [0.15, 0.2) is 0 Å². The van der Waals surface area contributed by atoms with Crippen LogP contribution in [0.15, 0.2) is 18.2 Å². The SMILES string of the molecule is COc1ccc(Cl)cc1C(=O)N1CCCC1C(=O)NCCC(C)C. The van der Waals surface area contributed by atoms with Crippen molar-refractivity contribution in [2.45, 2.75) is 39.2 Å². The van der Waals surface area contributed by atoms with E-state index in [9.17, 15) is 9.59 Å². The minimum Gasteiger partial charge on any atom is -0.496 e. The zero-order valence-corrected chi connectivity index (χ0v) is 15.2. The zero-order valence-electron chi connectivity index (χ0n) is 14.5. The lowest BCUT2D eigenvalue weighted by Crippen LogP contribution is -2.46. The molecule has 0 spiro atoms. The molecule has 0 radical (unpaired) electrons. The average Bonchev–Trinajstić information content (AvgIpc) is 3.03. The summed E-state index contributed by atoms with van der Waals surface area (Å²) in [5.41, 5.74) is 0.395. The molecule has 1 atom stereocenters. The fraction of sp³-hybridized carbons (Fsp3) is 0.556. The second-order valence-electron chi connectivity index (χ2n) is 6.47. The van der Waals surface area contributed by atoms with E-state index in [-0.39, 0.29) is 11.8 Å². The predicted octanol–water partition coefficient (Wildman–Crippen LogP) is 3.12. The van der Waals surface area contributed by atoms with Crippen LogP contribution in [0.3, 0.4) is 0 Å². The average molecular weight is 353 g/mol. The molecule has 0 saturated carbocycles. The molecule has 2 amide bonds. The highest BCUT2D eigenvalue weighted by atomic mass is 35.5. The van der Waals surface area contributed by atoms with Gasteiger partial charge in [-0.1, -0.05) is 25.4 Å². The first kappa shape index (κ1) is 18.6. The number of rotatable bonds is 6.